The normalized spacial score (nSPS) is 11.7. The van der Waals surface area contributed by atoms with Crippen LogP contribution in [-0.4, -0.2) is 5.90 Å². The van der Waals surface area contributed by atoms with E-state index in [1.165, 1.54) is 5.56 Å². The van der Waals surface area contributed by atoms with Gasteiger partial charge in [-0.3, -0.25) is 0 Å². The summed E-state index contributed by atoms with van der Waals surface area (Å²) in [6.45, 7) is 5.98. The van der Waals surface area contributed by atoms with Gasteiger partial charge in [-0.25, -0.2) is 4.99 Å². The molecule has 0 saturated heterocycles. The van der Waals surface area contributed by atoms with E-state index in [1.54, 1.807) is 6.26 Å². The first-order valence-electron chi connectivity index (χ1n) is 11.1. The van der Waals surface area contributed by atoms with E-state index in [0.29, 0.717) is 17.4 Å². The number of nitrogens with zero attached hydrogens (tertiary/aromatic N) is 1. The third kappa shape index (κ3) is 6.59. The van der Waals surface area contributed by atoms with Gasteiger partial charge in [-0.1, -0.05) is 54.1 Å². The Balaban J connectivity index is 1.60. The molecule has 4 rings (SSSR count). The molecule has 0 aliphatic heterocycles. The fourth-order valence-corrected chi connectivity index (χ4v) is 3.16. The number of hydrogen-bond donors (Lipinski definition) is 0. The molecule has 0 amide bonds. The van der Waals surface area contributed by atoms with Crippen molar-refractivity contribution >= 4 is 11.6 Å². The maximum absolute atomic E-state index is 6.22. The molecular weight excluding hydrogens is 422 g/mol. The van der Waals surface area contributed by atoms with Crippen LogP contribution < -0.4 is 14.2 Å². The summed E-state index contributed by atoms with van der Waals surface area (Å²) in [5, 5.41) is 0. The smallest absolute Gasteiger partial charge is 0.225 e. The van der Waals surface area contributed by atoms with Gasteiger partial charge >= 0.3 is 0 Å². The van der Waals surface area contributed by atoms with Gasteiger partial charge < -0.3 is 14.2 Å². The number of benzene rings is 4. The lowest BCUT2D eigenvalue weighted by molar-refractivity contribution is 0.469. The second kappa shape index (κ2) is 11.0. The van der Waals surface area contributed by atoms with Gasteiger partial charge in [0.1, 0.15) is 23.0 Å². The van der Waals surface area contributed by atoms with Crippen molar-refractivity contribution < 1.29 is 14.2 Å². The fraction of sp³-hybridized carbons (Fsp3) is 0.100. The largest absolute Gasteiger partial charge is 0.465 e. The minimum absolute atomic E-state index is 0.438. The maximum Gasteiger partial charge on any atom is 0.225 e. The van der Waals surface area contributed by atoms with Crippen molar-refractivity contribution in [1.29, 1.82) is 0 Å². The van der Waals surface area contributed by atoms with Gasteiger partial charge in [-0.05, 0) is 74.9 Å². The van der Waals surface area contributed by atoms with Crippen molar-refractivity contribution in [2.45, 2.75) is 20.8 Å². The highest BCUT2D eigenvalue weighted by Crippen LogP contribution is 2.26. The van der Waals surface area contributed by atoms with Crippen molar-refractivity contribution in [1.82, 2.24) is 0 Å². The summed E-state index contributed by atoms with van der Waals surface area (Å²) in [6.07, 6.45) is 1.66. The summed E-state index contributed by atoms with van der Waals surface area (Å²) in [6, 6.07) is 33.0. The molecule has 0 saturated carbocycles. The van der Waals surface area contributed by atoms with Crippen molar-refractivity contribution in [3.05, 3.63) is 126 Å². The van der Waals surface area contributed by atoms with Crippen LogP contribution in [-0.2, 0) is 0 Å². The summed E-state index contributed by atoms with van der Waals surface area (Å²) in [5.41, 5.74) is 3.84. The van der Waals surface area contributed by atoms with Crippen LogP contribution in [0.1, 0.15) is 18.1 Å². The number of para-hydroxylation sites is 1. The second-order valence-corrected chi connectivity index (χ2v) is 7.98. The van der Waals surface area contributed by atoms with Crippen LogP contribution in [0.25, 0.3) is 0 Å². The molecule has 34 heavy (non-hydrogen) atoms. The Morgan fingerprint density at radius 1 is 0.647 bits per heavy atom. The highest BCUT2D eigenvalue weighted by molar-refractivity contribution is 5.96. The number of ether oxygens (including phenoxy) is 3. The van der Waals surface area contributed by atoms with Gasteiger partial charge in [-0.2, -0.15) is 0 Å². The third-order valence-corrected chi connectivity index (χ3v) is 4.96. The van der Waals surface area contributed by atoms with E-state index in [4.69, 9.17) is 19.2 Å². The number of hydrogen-bond acceptors (Lipinski definition) is 4. The Morgan fingerprint density at radius 3 is 2.09 bits per heavy atom. The SMILES string of the molecule is C/C(=C\Oc1cccc(C)c1)C(=Nc1ccc(C)cc1)Oc1cccc(Oc2ccccc2)c1. The topological polar surface area (TPSA) is 40.0 Å². The quantitative estimate of drug-likeness (QED) is 0.162. The van der Waals surface area contributed by atoms with Crippen molar-refractivity contribution in [2.24, 2.45) is 4.99 Å². The Morgan fingerprint density at radius 2 is 1.32 bits per heavy atom. The fourth-order valence-electron chi connectivity index (χ4n) is 3.16. The molecule has 4 nitrogen and oxygen atoms in total. The Labute approximate surface area is 200 Å². The molecule has 0 atom stereocenters. The predicted molar refractivity (Wildman–Crippen MR) is 137 cm³/mol. The van der Waals surface area contributed by atoms with Gasteiger partial charge in [0.15, 0.2) is 0 Å². The molecule has 0 fully saturated rings. The minimum Gasteiger partial charge on any atom is -0.465 e. The van der Waals surface area contributed by atoms with E-state index in [1.807, 2.05) is 124 Å². The monoisotopic (exact) mass is 449 g/mol. The molecular formula is C30H27NO3. The lowest BCUT2D eigenvalue weighted by Gasteiger charge is -2.12. The molecule has 0 aromatic heterocycles. The van der Waals surface area contributed by atoms with Gasteiger partial charge in [0, 0.05) is 11.6 Å². The minimum atomic E-state index is 0.438. The van der Waals surface area contributed by atoms with E-state index in [-0.39, 0.29) is 0 Å². The van der Waals surface area contributed by atoms with Crippen molar-refractivity contribution in [3.63, 3.8) is 0 Å². The van der Waals surface area contributed by atoms with Crippen molar-refractivity contribution in [3.8, 4) is 23.0 Å². The van der Waals surface area contributed by atoms with E-state index in [0.717, 1.165) is 28.3 Å². The Hall–Kier alpha value is -4.31. The van der Waals surface area contributed by atoms with E-state index >= 15 is 0 Å². The Kier molecular flexibility index (Phi) is 7.41. The second-order valence-electron chi connectivity index (χ2n) is 7.98. The van der Waals surface area contributed by atoms with Crippen LogP contribution in [0.3, 0.4) is 0 Å². The summed E-state index contributed by atoms with van der Waals surface area (Å²) >= 11 is 0. The lowest BCUT2D eigenvalue weighted by atomic mass is 10.2. The zero-order valence-electron chi connectivity index (χ0n) is 19.6. The first-order valence-corrected chi connectivity index (χ1v) is 11.1. The van der Waals surface area contributed by atoms with E-state index in [2.05, 4.69) is 0 Å². The van der Waals surface area contributed by atoms with Gasteiger partial charge in [0.25, 0.3) is 0 Å². The maximum atomic E-state index is 6.22. The third-order valence-electron chi connectivity index (χ3n) is 4.96. The predicted octanol–water partition coefficient (Wildman–Crippen LogP) is 8.19. The van der Waals surface area contributed by atoms with E-state index < -0.39 is 0 Å². The Bertz CT molecular complexity index is 1290. The standard InChI is InChI=1S/C30H27NO3/c1-22-15-17-25(18-16-22)31-30(24(3)21-32-27-12-7-9-23(2)19-27)34-29-14-8-13-28(20-29)33-26-10-5-4-6-11-26/h4-21H,1-3H3/b24-21+,31-30?. The summed E-state index contributed by atoms with van der Waals surface area (Å²) in [4.78, 5) is 4.74. The molecule has 0 aliphatic carbocycles. The van der Waals surface area contributed by atoms with Crippen LogP contribution in [0.15, 0.2) is 120 Å². The summed E-state index contributed by atoms with van der Waals surface area (Å²) in [5.74, 6) is 3.25. The molecule has 4 heteroatoms. The van der Waals surface area contributed by atoms with Crippen LogP contribution in [0.5, 0.6) is 23.0 Å². The van der Waals surface area contributed by atoms with Gasteiger partial charge in [0.2, 0.25) is 5.90 Å². The van der Waals surface area contributed by atoms with E-state index in [9.17, 15) is 0 Å². The lowest BCUT2D eigenvalue weighted by Crippen LogP contribution is -2.11. The number of aryl methyl sites for hydroxylation is 2. The number of rotatable bonds is 7. The molecule has 0 bridgehead atoms. The van der Waals surface area contributed by atoms with Crippen LogP contribution in [0, 0.1) is 13.8 Å². The molecule has 0 unspecified atom stereocenters. The first kappa shape index (κ1) is 22.9. The first-order chi connectivity index (χ1) is 16.5. The molecule has 0 radical (unpaired) electrons. The van der Waals surface area contributed by atoms with Crippen LogP contribution >= 0.6 is 0 Å². The molecule has 0 heterocycles. The zero-order valence-corrected chi connectivity index (χ0v) is 19.6. The molecule has 4 aromatic carbocycles. The zero-order chi connectivity index (χ0) is 23.8. The molecule has 170 valence electrons. The van der Waals surface area contributed by atoms with Crippen LogP contribution in [0.4, 0.5) is 5.69 Å². The van der Waals surface area contributed by atoms with Gasteiger partial charge in [0.05, 0.1) is 11.9 Å². The summed E-state index contributed by atoms with van der Waals surface area (Å²) < 4.78 is 18.1. The molecule has 0 N–H and O–H groups in total. The molecule has 4 aromatic rings. The van der Waals surface area contributed by atoms with Crippen LogP contribution in [0.2, 0.25) is 0 Å². The highest BCUT2D eigenvalue weighted by atomic mass is 16.5. The van der Waals surface area contributed by atoms with Crippen molar-refractivity contribution in [2.75, 3.05) is 0 Å². The average molecular weight is 450 g/mol. The van der Waals surface area contributed by atoms with Gasteiger partial charge in [-0.15, -0.1) is 0 Å². The number of aliphatic imine (C=N–C) groups is 1. The molecule has 0 aliphatic rings. The summed E-state index contributed by atoms with van der Waals surface area (Å²) in [7, 11) is 0. The average Bonchev–Trinajstić information content (AvgIpc) is 2.84. The highest BCUT2D eigenvalue weighted by Gasteiger charge is 2.09. The molecule has 0 spiro atoms.